The van der Waals surface area contributed by atoms with Crippen LogP contribution >= 0.6 is 11.6 Å². The number of fused-ring (bicyclic) bond motifs is 5. The molecule has 0 saturated heterocycles. The molecule has 3 aliphatic rings. The summed E-state index contributed by atoms with van der Waals surface area (Å²) in [5.41, 5.74) is 22.0. The van der Waals surface area contributed by atoms with Crippen LogP contribution < -0.4 is 26.2 Å². The van der Waals surface area contributed by atoms with E-state index >= 15 is 0 Å². The minimum atomic E-state index is -0.00394. The maximum absolute atomic E-state index is 7.00. The molecule has 0 atom stereocenters. The van der Waals surface area contributed by atoms with Crippen molar-refractivity contribution in [1.29, 1.82) is 0 Å². The summed E-state index contributed by atoms with van der Waals surface area (Å²) in [4.78, 5) is 5.15. The minimum Gasteiger partial charge on any atom is -0.311 e. The van der Waals surface area contributed by atoms with Gasteiger partial charge in [-0.25, -0.2) is 0 Å². The van der Waals surface area contributed by atoms with Crippen molar-refractivity contribution in [1.82, 2.24) is 0 Å². The third-order valence-electron chi connectivity index (χ3n) is 13.6. The lowest BCUT2D eigenvalue weighted by atomic mass is 9.33. The highest BCUT2D eigenvalue weighted by Crippen LogP contribution is 2.52. The Bertz CT molecular complexity index is 2640. The van der Waals surface area contributed by atoms with Crippen LogP contribution in [0.1, 0.15) is 115 Å². The Hall–Kier alpha value is -4.73. The third-order valence-corrected chi connectivity index (χ3v) is 13.9. The Morgan fingerprint density at radius 1 is 0.534 bits per heavy atom. The van der Waals surface area contributed by atoms with Crippen LogP contribution in [0.25, 0.3) is 11.1 Å². The van der Waals surface area contributed by atoms with Gasteiger partial charge in [0.2, 0.25) is 0 Å². The fourth-order valence-electron chi connectivity index (χ4n) is 10.1. The van der Waals surface area contributed by atoms with Gasteiger partial charge in [-0.2, -0.15) is 0 Å². The Kier molecular flexibility index (Phi) is 8.78. The smallest absolute Gasteiger partial charge is 0.252 e. The lowest BCUT2D eigenvalue weighted by molar-refractivity contribution is 0.332. The lowest BCUT2D eigenvalue weighted by Crippen LogP contribution is -2.62. The molecule has 0 N–H and O–H groups in total. The molecule has 6 aromatic carbocycles. The van der Waals surface area contributed by atoms with E-state index in [9.17, 15) is 0 Å². The fourth-order valence-corrected chi connectivity index (χ4v) is 10.3. The topological polar surface area (TPSA) is 6.48 Å². The first kappa shape index (κ1) is 38.8. The number of hydrogen-bond donors (Lipinski definition) is 0. The maximum atomic E-state index is 7.00. The van der Waals surface area contributed by atoms with Crippen molar-refractivity contribution in [2.45, 2.75) is 118 Å². The summed E-state index contributed by atoms with van der Waals surface area (Å²) < 4.78 is 0. The van der Waals surface area contributed by atoms with Gasteiger partial charge < -0.3 is 9.80 Å². The highest BCUT2D eigenvalue weighted by atomic mass is 35.5. The molecule has 2 aliphatic heterocycles. The van der Waals surface area contributed by atoms with Gasteiger partial charge in [0.15, 0.2) is 0 Å². The van der Waals surface area contributed by atoms with Crippen molar-refractivity contribution in [2.24, 2.45) is 0 Å². The molecule has 58 heavy (non-hydrogen) atoms. The monoisotopic (exact) mass is 780 g/mol. The molecule has 1 aliphatic carbocycles. The number of aryl methyl sites for hydroxylation is 2. The van der Waals surface area contributed by atoms with Crippen LogP contribution in [0.2, 0.25) is 5.02 Å². The van der Waals surface area contributed by atoms with Crippen molar-refractivity contribution in [3.8, 4) is 11.1 Å². The van der Waals surface area contributed by atoms with Crippen molar-refractivity contribution in [2.75, 3.05) is 9.80 Å². The van der Waals surface area contributed by atoms with Gasteiger partial charge in [-0.15, -0.1) is 0 Å². The van der Waals surface area contributed by atoms with Gasteiger partial charge in [0.1, 0.15) is 0 Å². The van der Waals surface area contributed by atoms with Crippen molar-refractivity contribution >= 4 is 68.8 Å². The quantitative estimate of drug-likeness (QED) is 0.165. The molecule has 2 heterocycles. The maximum Gasteiger partial charge on any atom is 0.252 e. The van der Waals surface area contributed by atoms with E-state index in [-0.39, 0.29) is 28.4 Å². The molecule has 294 valence electrons. The van der Waals surface area contributed by atoms with Crippen molar-refractivity contribution in [3.63, 3.8) is 0 Å². The third kappa shape index (κ3) is 6.14. The number of nitrogens with zero attached hydrogens (tertiary/aromatic N) is 2. The molecule has 0 saturated carbocycles. The standard InChI is InChI=1S/C54H58BClN2/c1-33-26-48-50-49(27-33)58(45-23-19-37(52(6,7)8)29-39(45)35-16-14-13-15-17-35)47-32-41-40(53(9,10)24-25-54(41,11)12)31-43(47)55(50)42-21-20-38(56)30-46(42)57(48)44-22-18-36(28-34(44)2)51(3,4)5/h13-23,26-32H,24-25H2,1-12H3. The average molecular weight is 781 g/mol. The fraction of sp³-hybridized carbons (Fsp3) is 0.333. The predicted octanol–water partition coefficient (Wildman–Crippen LogP) is 13.7. The Morgan fingerprint density at radius 3 is 1.69 bits per heavy atom. The second-order valence-electron chi connectivity index (χ2n) is 20.8. The van der Waals surface area contributed by atoms with E-state index < -0.39 is 0 Å². The molecule has 6 aromatic rings. The van der Waals surface area contributed by atoms with E-state index in [1.807, 2.05) is 0 Å². The zero-order valence-corrected chi connectivity index (χ0v) is 37.4. The summed E-state index contributed by atoms with van der Waals surface area (Å²) in [7, 11) is 0. The summed E-state index contributed by atoms with van der Waals surface area (Å²) in [5.74, 6) is 0. The van der Waals surface area contributed by atoms with Gasteiger partial charge in [-0.1, -0.05) is 142 Å². The second kappa shape index (κ2) is 13.1. The zero-order valence-electron chi connectivity index (χ0n) is 36.7. The average Bonchev–Trinajstić information content (AvgIpc) is 3.15. The number of benzene rings is 6. The van der Waals surface area contributed by atoms with Crippen molar-refractivity contribution < 1.29 is 0 Å². The van der Waals surface area contributed by atoms with Crippen LogP contribution in [0.15, 0.2) is 109 Å². The molecule has 4 heteroatoms. The zero-order chi connectivity index (χ0) is 41.3. The second-order valence-corrected chi connectivity index (χ2v) is 21.3. The summed E-state index contributed by atoms with van der Waals surface area (Å²) >= 11 is 7.00. The Morgan fingerprint density at radius 2 is 1.09 bits per heavy atom. The summed E-state index contributed by atoms with van der Waals surface area (Å²) in [6.07, 6.45) is 2.33. The first-order valence-corrected chi connectivity index (χ1v) is 21.7. The molecular formula is C54H58BClN2. The van der Waals surface area contributed by atoms with Crippen LogP contribution in [0.4, 0.5) is 34.1 Å². The highest BCUT2D eigenvalue weighted by molar-refractivity contribution is 7.00. The van der Waals surface area contributed by atoms with E-state index in [0.29, 0.717) is 0 Å². The number of rotatable bonds is 3. The van der Waals surface area contributed by atoms with Gasteiger partial charge >= 0.3 is 0 Å². The normalized spacial score (nSPS) is 16.4. The molecule has 0 spiro atoms. The van der Waals surface area contributed by atoms with E-state index in [4.69, 9.17) is 11.6 Å². The molecule has 2 nitrogen and oxygen atoms in total. The van der Waals surface area contributed by atoms with Gasteiger partial charge in [-0.3, -0.25) is 0 Å². The summed E-state index contributed by atoms with van der Waals surface area (Å²) in [6, 6.07) is 42.0. The minimum absolute atomic E-state index is 0.00394. The molecule has 9 rings (SSSR count). The molecule has 0 aromatic heterocycles. The lowest BCUT2D eigenvalue weighted by Gasteiger charge is -2.48. The molecular weight excluding hydrogens is 723 g/mol. The predicted molar refractivity (Wildman–Crippen MR) is 253 cm³/mol. The molecule has 0 amide bonds. The van der Waals surface area contributed by atoms with Gasteiger partial charge in [0.05, 0.1) is 5.69 Å². The molecule has 0 fully saturated rings. The largest absolute Gasteiger partial charge is 0.311 e. The van der Waals surface area contributed by atoms with E-state index in [1.54, 1.807) is 0 Å². The van der Waals surface area contributed by atoms with Gasteiger partial charge in [0, 0.05) is 39.0 Å². The van der Waals surface area contributed by atoms with Crippen LogP contribution in [0.3, 0.4) is 0 Å². The van der Waals surface area contributed by atoms with Crippen LogP contribution in [0.5, 0.6) is 0 Å². The number of hydrogen-bond acceptors (Lipinski definition) is 2. The highest BCUT2D eigenvalue weighted by Gasteiger charge is 2.47. The first-order valence-electron chi connectivity index (χ1n) is 21.3. The van der Waals surface area contributed by atoms with Crippen LogP contribution in [-0.4, -0.2) is 6.71 Å². The molecule has 0 unspecified atom stereocenters. The van der Waals surface area contributed by atoms with Gasteiger partial charge in [-0.05, 0) is 152 Å². The van der Waals surface area contributed by atoms with E-state index in [0.717, 1.165) is 23.6 Å². The van der Waals surface area contributed by atoms with Gasteiger partial charge in [0.25, 0.3) is 6.71 Å². The first-order chi connectivity index (χ1) is 27.2. The van der Waals surface area contributed by atoms with Crippen molar-refractivity contribution in [3.05, 3.63) is 148 Å². The number of anilines is 6. The Balaban J connectivity index is 1.42. The molecule has 0 radical (unpaired) electrons. The van der Waals surface area contributed by atoms with E-state index in [1.165, 1.54) is 89.3 Å². The number of halogens is 1. The summed E-state index contributed by atoms with van der Waals surface area (Å²) in [6.45, 7) is 28.2. The Labute approximate surface area is 353 Å². The van der Waals surface area contributed by atoms with E-state index in [2.05, 4.69) is 202 Å². The summed E-state index contributed by atoms with van der Waals surface area (Å²) in [5, 5.41) is 0.751. The molecule has 0 bridgehead atoms. The van der Waals surface area contributed by atoms with Crippen LogP contribution in [-0.2, 0) is 21.7 Å². The SMILES string of the molecule is Cc1cc2c3c(c1)N(c1ccc(C(C)(C)C)cc1-c1ccccc1)c1cc4c(cc1B3c1ccc(Cl)cc1N2c1ccc(C(C)(C)C)cc1C)C(C)(C)CCC4(C)C. The van der Waals surface area contributed by atoms with Crippen LogP contribution in [0, 0.1) is 13.8 Å².